The van der Waals surface area contributed by atoms with Crippen LogP contribution in [0.2, 0.25) is 0 Å². The summed E-state index contributed by atoms with van der Waals surface area (Å²) in [6.45, 7) is 9.99. The zero-order valence-corrected chi connectivity index (χ0v) is 20.6. The molecule has 0 heterocycles. The molecule has 4 aliphatic carbocycles. The molecular weight excluding hydrogens is 394 g/mol. The molecule has 2 N–H and O–H groups in total. The Bertz CT molecular complexity index is 865. The maximum atomic E-state index is 13.4. The van der Waals surface area contributed by atoms with Gasteiger partial charge in [-0.2, -0.15) is 0 Å². The summed E-state index contributed by atoms with van der Waals surface area (Å²) < 4.78 is 0. The molecule has 8 atom stereocenters. The second kappa shape index (κ2) is 7.58. The number of Topliss-reactive ketones (excluding diaryl/α,β-unsaturated/α-hetero) is 1. The normalized spacial score (nSPS) is 47.8. The largest absolute Gasteiger partial charge is 0.390 e. The Morgan fingerprint density at radius 1 is 0.938 bits per heavy atom. The summed E-state index contributed by atoms with van der Waals surface area (Å²) in [5.41, 5.74) is 1.28. The van der Waals surface area contributed by atoms with Gasteiger partial charge in [0.15, 0.2) is 5.78 Å². The van der Waals surface area contributed by atoms with Crippen molar-refractivity contribution in [3.8, 4) is 0 Å². The van der Waals surface area contributed by atoms with Crippen LogP contribution < -0.4 is 5.32 Å². The predicted octanol–water partition coefficient (Wildman–Crippen LogP) is 6.47. The van der Waals surface area contributed by atoms with Crippen molar-refractivity contribution in [2.75, 3.05) is 11.9 Å². The lowest BCUT2D eigenvalue weighted by Gasteiger charge is -2.66. The molecule has 176 valence electrons. The third-order valence-electron chi connectivity index (χ3n) is 11.2. The third-order valence-corrected chi connectivity index (χ3v) is 11.2. The Hall–Kier alpha value is -1.35. The molecule has 0 bridgehead atoms. The lowest BCUT2D eigenvalue weighted by Crippen LogP contribution is -2.60. The molecular formula is C29H43NO2. The SMILES string of the molecule is C[C@@]1(O)CC[C@]2(C)[C@H]3CC[C@]4(C)[C@@H](C(=O)CNc5ccccc5)CC[C@H]4[C@@H]3CC[C@]2(C)C1. The lowest BCUT2D eigenvalue weighted by molar-refractivity contribution is -0.189. The Balaban J connectivity index is 1.32. The number of ketones is 1. The van der Waals surface area contributed by atoms with E-state index in [0.717, 1.165) is 43.2 Å². The Labute approximate surface area is 194 Å². The molecule has 0 spiro atoms. The Kier molecular flexibility index (Phi) is 5.32. The molecule has 3 heteroatoms. The number of anilines is 1. The molecule has 3 nitrogen and oxygen atoms in total. The first-order valence-electron chi connectivity index (χ1n) is 13.1. The quantitative estimate of drug-likeness (QED) is 0.568. The second-order valence-electron chi connectivity index (χ2n) is 12.9. The fourth-order valence-electron chi connectivity index (χ4n) is 9.33. The number of hydrogen-bond donors (Lipinski definition) is 2. The summed E-state index contributed by atoms with van der Waals surface area (Å²) in [4.78, 5) is 13.4. The van der Waals surface area contributed by atoms with E-state index in [0.29, 0.717) is 23.7 Å². The second-order valence-corrected chi connectivity index (χ2v) is 12.9. The van der Waals surface area contributed by atoms with Gasteiger partial charge >= 0.3 is 0 Å². The van der Waals surface area contributed by atoms with E-state index in [1.54, 1.807) is 0 Å². The van der Waals surface area contributed by atoms with E-state index in [1.165, 1.54) is 32.1 Å². The van der Waals surface area contributed by atoms with Crippen molar-refractivity contribution in [3.63, 3.8) is 0 Å². The number of hydrogen-bond acceptors (Lipinski definition) is 3. The van der Waals surface area contributed by atoms with Gasteiger partial charge in [0.2, 0.25) is 0 Å². The van der Waals surface area contributed by atoms with Gasteiger partial charge in [0.1, 0.15) is 0 Å². The van der Waals surface area contributed by atoms with Gasteiger partial charge in [-0.15, -0.1) is 0 Å². The van der Waals surface area contributed by atoms with Gasteiger partial charge in [-0.25, -0.2) is 0 Å². The third kappa shape index (κ3) is 3.37. The van der Waals surface area contributed by atoms with Crippen LogP contribution >= 0.6 is 0 Å². The lowest BCUT2D eigenvalue weighted by atomic mass is 9.39. The molecule has 5 rings (SSSR count). The topological polar surface area (TPSA) is 49.3 Å². The molecule has 0 unspecified atom stereocenters. The van der Waals surface area contributed by atoms with Gasteiger partial charge in [0.25, 0.3) is 0 Å². The van der Waals surface area contributed by atoms with Crippen LogP contribution in [0.15, 0.2) is 30.3 Å². The average Bonchev–Trinajstić information content (AvgIpc) is 3.11. The molecule has 4 saturated carbocycles. The first-order valence-corrected chi connectivity index (χ1v) is 13.1. The Morgan fingerprint density at radius 3 is 2.44 bits per heavy atom. The highest BCUT2D eigenvalue weighted by Crippen LogP contribution is 2.71. The number of para-hydroxylation sites is 1. The highest BCUT2D eigenvalue weighted by Gasteiger charge is 2.64. The molecule has 1 aromatic carbocycles. The minimum absolute atomic E-state index is 0.168. The number of carbonyl (C=O) groups excluding carboxylic acids is 1. The molecule has 0 aliphatic heterocycles. The summed E-state index contributed by atoms with van der Waals surface area (Å²) >= 11 is 0. The van der Waals surface area contributed by atoms with Crippen LogP contribution in [-0.2, 0) is 4.79 Å². The van der Waals surface area contributed by atoms with E-state index in [1.807, 2.05) is 30.3 Å². The van der Waals surface area contributed by atoms with E-state index in [4.69, 9.17) is 0 Å². The van der Waals surface area contributed by atoms with Crippen LogP contribution in [-0.4, -0.2) is 23.0 Å². The van der Waals surface area contributed by atoms with Crippen LogP contribution in [0, 0.1) is 39.9 Å². The summed E-state index contributed by atoms with van der Waals surface area (Å²) in [6, 6.07) is 10.1. The van der Waals surface area contributed by atoms with Crippen LogP contribution in [0.5, 0.6) is 0 Å². The summed E-state index contributed by atoms with van der Waals surface area (Å²) in [7, 11) is 0. The number of benzene rings is 1. The van der Waals surface area contributed by atoms with Crippen molar-refractivity contribution in [2.45, 2.75) is 91.1 Å². The molecule has 4 fully saturated rings. The zero-order chi connectivity index (χ0) is 22.8. The minimum Gasteiger partial charge on any atom is -0.390 e. The van der Waals surface area contributed by atoms with E-state index < -0.39 is 5.60 Å². The highest BCUT2D eigenvalue weighted by molar-refractivity contribution is 5.86. The molecule has 32 heavy (non-hydrogen) atoms. The van der Waals surface area contributed by atoms with Crippen LogP contribution in [0.1, 0.15) is 85.5 Å². The van der Waals surface area contributed by atoms with Gasteiger partial charge in [-0.3, -0.25) is 4.79 Å². The molecule has 0 aromatic heterocycles. The van der Waals surface area contributed by atoms with Crippen molar-refractivity contribution in [3.05, 3.63) is 30.3 Å². The number of carbonyl (C=O) groups is 1. The molecule has 0 amide bonds. The van der Waals surface area contributed by atoms with Gasteiger partial charge in [0, 0.05) is 11.6 Å². The minimum atomic E-state index is -0.499. The number of nitrogens with one attached hydrogen (secondary N) is 1. The molecule has 1 aromatic rings. The van der Waals surface area contributed by atoms with E-state index in [2.05, 4.69) is 33.0 Å². The maximum absolute atomic E-state index is 13.4. The van der Waals surface area contributed by atoms with Crippen molar-refractivity contribution in [2.24, 2.45) is 39.9 Å². The van der Waals surface area contributed by atoms with Gasteiger partial charge in [-0.05, 0) is 111 Å². The van der Waals surface area contributed by atoms with E-state index in [-0.39, 0.29) is 16.7 Å². The number of rotatable bonds is 4. The average molecular weight is 438 g/mol. The van der Waals surface area contributed by atoms with Crippen LogP contribution in [0.25, 0.3) is 0 Å². The monoisotopic (exact) mass is 437 g/mol. The smallest absolute Gasteiger partial charge is 0.155 e. The Morgan fingerprint density at radius 2 is 1.69 bits per heavy atom. The van der Waals surface area contributed by atoms with E-state index in [9.17, 15) is 9.90 Å². The molecule has 4 aliphatic rings. The van der Waals surface area contributed by atoms with Crippen molar-refractivity contribution < 1.29 is 9.90 Å². The fraction of sp³-hybridized carbons (Fsp3) is 0.759. The van der Waals surface area contributed by atoms with Crippen molar-refractivity contribution >= 4 is 11.5 Å². The van der Waals surface area contributed by atoms with Crippen molar-refractivity contribution in [1.82, 2.24) is 0 Å². The van der Waals surface area contributed by atoms with Crippen LogP contribution in [0.3, 0.4) is 0 Å². The fourth-order valence-corrected chi connectivity index (χ4v) is 9.33. The highest BCUT2D eigenvalue weighted by atomic mass is 16.3. The number of fused-ring (bicyclic) bond motifs is 5. The molecule has 0 saturated heterocycles. The van der Waals surface area contributed by atoms with Gasteiger partial charge in [-0.1, -0.05) is 39.0 Å². The predicted molar refractivity (Wildman–Crippen MR) is 130 cm³/mol. The maximum Gasteiger partial charge on any atom is 0.155 e. The first kappa shape index (κ1) is 22.4. The van der Waals surface area contributed by atoms with Crippen LogP contribution in [0.4, 0.5) is 5.69 Å². The summed E-state index contributed by atoms with van der Waals surface area (Å²) in [5, 5.41) is 14.2. The summed E-state index contributed by atoms with van der Waals surface area (Å²) in [5.74, 6) is 2.83. The van der Waals surface area contributed by atoms with Gasteiger partial charge in [0.05, 0.1) is 12.1 Å². The standard InChI is InChI=1S/C29H43NO2/c1-26-14-12-21-22-10-11-24(25(31)18-30-20-8-6-5-7-9-20)28(22,3)15-13-23(21)29(26,4)17-16-27(2,32)19-26/h5-9,21-24,30,32H,10-19H2,1-4H3/t21-,22-,23-,24+,26+,27+,28-,29+/m0/s1. The van der Waals surface area contributed by atoms with Gasteiger partial charge < -0.3 is 10.4 Å². The zero-order valence-electron chi connectivity index (χ0n) is 20.6. The van der Waals surface area contributed by atoms with Crippen molar-refractivity contribution in [1.29, 1.82) is 0 Å². The first-order chi connectivity index (χ1) is 15.1. The number of aliphatic hydroxyl groups is 1. The van der Waals surface area contributed by atoms with E-state index >= 15 is 0 Å². The molecule has 0 radical (unpaired) electrons. The summed E-state index contributed by atoms with van der Waals surface area (Å²) in [6.07, 6.45) is 10.3.